The van der Waals surface area contributed by atoms with Gasteiger partial charge in [-0.1, -0.05) is 13.8 Å². The van der Waals surface area contributed by atoms with Crippen LogP contribution in [-0.4, -0.2) is 5.78 Å². The maximum Gasteiger partial charge on any atom is 0.158 e. The molecule has 1 rings (SSSR count). The van der Waals surface area contributed by atoms with Crippen molar-refractivity contribution in [1.29, 1.82) is 0 Å². The van der Waals surface area contributed by atoms with Crippen molar-refractivity contribution in [1.82, 2.24) is 0 Å². The molecular formula is C9H13O. The Labute approximate surface area is 62.1 Å². The van der Waals surface area contributed by atoms with Crippen molar-refractivity contribution in [2.75, 3.05) is 0 Å². The first-order valence-corrected chi connectivity index (χ1v) is 3.66. The van der Waals surface area contributed by atoms with E-state index in [2.05, 4.69) is 19.9 Å². The minimum Gasteiger partial charge on any atom is -0.295 e. The molecule has 10 heavy (non-hydrogen) atoms. The van der Waals surface area contributed by atoms with Crippen LogP contribution in [0.1, 0.15) is 33.6 Å². The van der Waals surface area contributed by atoms with E-state index in [0.29, 0.717) is 6.42 Å². The van der Waals surface area contributed by atoms with Gasteiger partial charge in [0.05, 0.1) is 0 Å². The Balaban J connectivity index is 2.86. The summed E-state index contributed by atoms with van der Waals surface area (Å²) in [5, 5.41) is 0. The highest BCUT2D eigenvalue weighted by Gasteiger charge is 2.23. The first-order valence-electron chi connectivity index (χ1n) is 3.66. The molecule has 0 bridgehead atoms. The maximum absolute atomic E-state index is 11.0. The van der Waals surface area contributed by atoms with Gasteiger partial charge in [0, 0.05) is 6.42 Å². The summed E-state index contributed by atoms with van der Waals surface area (Å²) in [5.74, 6) is 0.263. The van der Waals surface area contributed by atoms with Crippen LogP contribution in [0.4, 0.5) is 0 Å². The quantitative estimate of drug-likeness (QED) is 0.500. The lowest BCUT2D eigenvalue weighted by molar-refractivity contribution is -0.116. The normalized spacial score (nSPS) is 24.3. The van der Waals surface area contributed by atoms with Crippen molar-refractivity contribution in [3.63, 3.8) is 0 Å². The van der Waals surface area contributed by atoms with Crippen LogP contribution >= 0.6 is 0 Å². The molecule has 0 spiro atoms. The van der Waals surface area contributed by atoms with Gasteiger partial charge in [-0.2, -0.15) is 0 Å². The molecule has 0 N–H and O–H groups in total. The van der Waals surface area contributed by atoms with E-state index >= 15 is 0 Å². The summed E-state index contributed by atoms with van der Waals surface area (Å²) in [6, 6.07) is 0. The van der Waals surface area contributed by atoms with Gasteiger partial charge < -0.3 is 0 Å². The number of allylic oxidation sites excluding steroid dienone is 2. The van der Waals surface area contributed by atoms with Crippen molar-refractivity contribution < 1.29 is 4.79 Å². The molecular weight excluding hydrogens is 124 g/mol. The lowest BCUT2D eigenvalue weighted by Gasteiger charge is -2.24. The van der Waals surface area contributed by atoms with E-state index in [9.17, 15) is 4.79 Å². The summed E-state index contributed by atoms with van der Waals surface area (Å²) in [5.41, 5.74) is 0.939. The topological polar surface area (TPSA) is 17.1 Å². The van der Waals surface area contributed by atoms with Crippen LogP contribution in [0, 0.1) is 11.5 Å². The van der Waals surface area contributed by atoms with E-state index in [4.69, 9.17) is 0 Å². The highest BCUT2D eigenvalue weighted by Crippen LogP contribution is 2.29. The number of hydrogen-bond acceptors (Lipinski definition) is 1. The molecule has 0 heterocycles. The van der Waals surface area contributed by atoms with Gasteiger partial charge in [-0.05, 0) is 30.4 Å². The molecule has 0 aromatic heterocycles. The summed E-state index contributed by atoms with van der Waals surface area (Å²) < 4.78 is 0. The first kappa shape index (κ1) is 7.52. The highest BCUT2D eigenvalue weighted by molar-refractivity contribution is 5.95. The smallest absolute Gasteiger partial charge is 0.158 e. The molecule has 0 aromatic carbocycles. The SMILES string of the molecule is CC1=[C]C(C)(C)CCC1=O. The van der Waals surface area contributed by atoms with Crippen LogP contribution in [0.15, 0.2) is 5.57 Å². The zero-order valence-electron chi connectivity index (χ0n) is 6.82. The van der Waals surface area contributed by atoms with Crippen molar-refractivity contribution in [3.05, 3.63) is 11.6 Å². The number of carbonyl (C=O) groups is 1. The third kappa shape index (κ3) is 1.47. The van der Waals surface area contributed by atoms with Gasteiger partial charge in [-0.15, -0.1) is 0 Å². The van der Waals surface area contributed by atoms with E-state index in [1.807, 2.05) is 6.92 Å². The summed E-state index contributed by atoms with van der Waals surface area (Å²) >= 11 is 0. The number of Topliss-reactive ketones (excluding diaryl/α,β-unsaturated/α-hetero) is 1. The van der Waals surface area contributed by atoms with Crippen LogP contribution in [-0.2, 0) is 4.79 Å². The van der Waals surface area contributed by atoms with E-state index < -0.39 is 0 Å². The largest absolute Gasteiger partial charge is 0.295 e. The van der Waals surface area contributed by atoms with Gasteiger partial charge in [-0.25, -0.2) is 0 Å². The average Bonchev–Trinajstić information content (AvgIpc) is 1.79. The van der Waals surface area contributed by atoms with Crippen LogP contribution in [0.2, 0.25) is 0 Å². The van der Waals surface area contributed by atoms with E-state index in [0.717, 1.165) is 12.0 Å². The van der Waals surface area contributed by atoms with E-state index in [1.54, 1.807) is 0 Å². The second-order valence-electron chi connectivity index (χ2n) is 3.56. The molecule has 0 fully saturated rings. The highest BCUT2D eigenvalue weighted by atomic mass is 16.1. The van der Waals surface area contributed by atoms with Crippen molar-refractivity contribution in [2.24, 2.45) is 5.41 Å². The van der Waals surface area contributed by atoms with Gasteiger partial charge in [0.1, 0.15) is 0 Å². The number of hydrogen-bond donors (Lipinski definition) is 0. The zero-order valence-corrected chi connectivity index (χ0v) is 6.82. The monoisotopic (exact) mass is 137 g/mol. The molecule has 1 aliphatic carbocycles. The molecule has 0 saturated heterocycles. The van der Waals surface area contributed by atoms with E-state index in [1.165, 1.54) is 0 Å². The Kier molecular flexibility index (Phi) is 1.67. The zero-order chi connectivity index (χ0) is 7.78. The first-order chi connectivity index (χ1) is 4.51. The van der Waals surface area contributed by atoms with Crippen LogP contribution in [0.5, 0.6) is 0 Å². The third-order valence-electron chi connectivity index (χ3n) is 1.92. The van der Waals surface area contributed by atoms with Gasteiger partial charge in [0.15, 0.2) is 5.78 Å². The molecule has 0 aromatic rings. The Morgan fingerprint density at radius 3 is 2.50 bits per heavy atom. The molecule has 0 amide bonds. The molecule has 1 nitrogen and oxygen atoms in total. The summed E-state index contributed by atoms with van der Waals surface area (Å²) in [7, 11) is 0. The Morgan fingerprint density at radius 2 is 2.10 bits per heavy atom. The Morgan fingerprint density at radius 1 is 1.50 bits per heavy atom. The summed E-state index contributed by atoms with van der Waals surface area (Å²) in [6.45, 7) is 6.08. The second kappa shape index (κ2) is 2.22. The molecule has 1 heteroatoms. The van der Waals surface area contributed by atoms with Crippen molar-refractivity contribution in [3.8, 4) is 0 Å². The predicted octanol–water partition coefficient (Wildman–Crippen LogP) is 2.12. The molecule has 0 aliphatic heterocycles. The molecule has 1 aliphatic rings. The van der Waals surface area contributed by atoms with Crippen molar-refractivity contribution >= 4 is 5.78 Å². The minimum atomic E-state index is 0.123. The predicted molar refractivity (Wildman–Crippen MR) is 40.5 cm³/mol. The minimum absolute atomic E-state index is 0.123. The van der Waals surface area contributed by atoms with Crippen LogP contribution < -0.4 is 0 Å². The number of carbonyl (C=O) groups excluding carboxylic acids is 1. The number of ketones is 1. The number of rotatable bonds is 0. The standard InChI is InChI=1S/C9H13O/c1-7-6-9(2,3)5-4-8(7)10/h4-5H2,1-3H3. The van der Waals surface area contributed by atoms with Crippen LogP contribution in [0.3, 0.4) is 0 Å². The van der Waals surface area contributed by atoms with Gasteiger partial charge >= 0.3 is 0 Å². The molecule has 0 atom stereocenters. The van der Waals surface area contributed by atoms with Gasteiger partial charge in [0.25, 0.3) is 0 Å². The summed E-state index contributed by atoms with van der Waals surface area (Å²) in [4.78, 5) is 11.0. The maximum atomic E-state index is 11.0. The van der Waals surface area contributed by atoms with Gasteiger partial charge in [-0.3, -0.25) is 4.79 Å². The fraction of sp³-hybridized carbons (Fsp3) is 0.667. The molecule has 0 unspecified atom stereocenters. The average molecular weight is 137 g/mol. The Bertz CT molecular complexity index is 187. The van der Waals surface area contributed by atoms with Crippen LogP contribution in [0.25, 0.3) is 0 Å². The molecule has 1 radical (unpaired) electrons. The van der Waals surface area contributed by atoms with Gasteiger partial charge in [0.2, 0.25) is 0 Å². The molecule has 55 valence electrons. The van der Waals surface area contributed by atoms with E-state index in [-0.39, 0.29) is 11.2 Å². The lowest BCUT2D eigenvalue weighted by Crippen LogP contribution is -2.19. The fourth-order valence-electron chi connectivity index (χ4n) is 1.25. The molecule has 0 saturated carbocycles. The second-order valence-corrected chi connectivity index (χ2v) is 3.56. The van der Waals surface area contributed by atoms with Crippen molar-refractivity contribution in [2.45, 2.75) is 33.6 Å². The fourth-order valence-corrected chi connectivity index (χ4v) is 1.25. The third-order valence-corrected chi connectivity index (χ3v) is 1.92. The summed E-state index contributed by atoms with van der Waals surface area (Å²) in [6.07, 6.45) is 4.82. The lowest BCUT2D eigenvalue weighted by atomic mass is 9.80. The Hall–Kier alpha value is -0.590.